The largest absolute Gasteiger partial charge is 0.477 e. The first-order chi connectivity index (χ1) is 11.5. The predicted molar refractivity (Wildman–Crippen MR) is 92.9 cm³/mol. The van der Waals surface area contributed by atoms with Gasteiger partial charge in [-0.2, -0.15) is 0 Å². The van der Waals surface area contributed by atoms with E-state index in [-0.39, 0.29) is 5.69 Å². The zero-order valence-electron chi connectivity index (χ0n) is 14.1. The first-order valence-corrected chi connectivity index (χ1v) is 8.17. The number of carboxylic acid groups (broad SMARTS) is 1. The Morgan fingerprint density at radius 2 is 2.00 bits per heavy atom. The Bertz CT molecular complexity index is 732. The molecule has 5 nitrogen and oxygen atoms in total. The van der Waals surface area contributed by atoms with Crippen molar-refractivity contribution in [2.24, 2.45) is 0 Å². The molecule has 0 fully saturated rings. The van der Waals surface area contributed by atoms with Crippen LogP contribution >= 0.6 is 0 Å². The summed E-state index contributed by atoms with van der Waals surface area (Å²) in [5.41, 5.74) is 3.73. The van der Waals surface area contributed by atoms with E-state index in [1.807, 2.05) is 6.07 Å². The summed E-state index contributed by atoms with van der Waals surface area (Å²) in [5, 5.41) is 9.05. The third-order valence-corrected chi connectivity index (χ3v) is 4.60. The third-order valence-electron chi connectivity index (χ3n) is 4.60. The van der Waals surface area contributed by atoms with Gasteiger partial charge < -0.3 is 5.11 Å². The number of benzene rings is 1. The van der Waals surface area contributed by atoms with Crippen LogP contribution in [0.2, 0.25) is 0 Å². The maximum Gasteiger partial charge on any atom is 0.354 e. The van der Waals surface area contributed by atoms with E-state index in [2.05, 4.69) is 53.1 Å². The number of rotatable bonds is 5. The number of fused-ring (bicyclic) bond motifs is 1. The standard InChI is InChI=1S/C19H23N3O2/c1-21(12-16-8-5-9-18(20-16)19(23)24)13-17-10-14-6-3-4-7-15(14)11-22(17)2/h3-9,17H,10-13H2,1-2H3,(H,23,24). The molecule has 1 aromatic carbocycles. The van der Waals surface area contributed by atoms with Gasteiger partial charge in [-0.25, -0.2) is 9.78 Å². The van der Waals surface area contributed by atoms with Crippen molar-refractivity contribution in [2.75, 3.05) is 20.6 Å². The lowest BCUT2D eigenvalue weighted by atomic mass is 9.94. The van der Waals surface area contributed by atoms with Crippen LogP contribution < -0.4 is 0 Å². The van der Waals surface area contributed by atoms with Crippen LogP contribution in [-0.2, 0) is 19.5 Å². The van der Waals surface area contributed by atoms with Gasteiger partial charge in [-0.15, -0.1) is 0 Å². The number of hydrogen-bond acceptors (Lipinski definition) is 4. The monoisotopic (exact) mass is 325 g/mol. The fraction of sp³-hybridized carbons (Fsp3) is 0.368. The smallest absolute Gasteiger partial charge is 0.354 e. The maximum atomic E-state index is 11.0. The molecule has 0 bridgehead atoms. The van der Waals surface area contributed by atoms with E-state index in [1.54, 1.807) is 6.07 Å². The Labute approximate surface area is 142 Å². The molecule has 24 heavy (non-hydrogen) atoms. The fourth-order valence-corrected chi connectivity index (χ4v) is 3.31. The van der Waals surface area contributed by atoms with E-state index in [0.29, 0.717) is 12.6 Å². The molecule has 0 saturated heterocycles. The molecule has 3 rings (SSSR count). The van der Waals surface area contributed by atoms with Crippen LogP contribution in [0.1, 0.15) is 27.3 Å². The van der Waals surface area contributed by atoms with Crippen LogP contribution in [0.15, 0.2) is 42.5 Å². The second-order valence-corrected chi connectivity index (χ2v) is 6.56. The molecule has 0 amide bonds. The van der Waals surface area contributed by atoms with Gasteiger partial charge >= 0.3 is 5.97 Å². The normalized spacial score (nSPS) is 17.7. The predicted octanol–water partition coefficient (Wildman–Crippen LogP) is 2.27. The van der Waals surface area contributed by atoms with Gasteiger partial charge in [0.05, 0.1) is 5.69 Å². The summed E-state index contributed by atoms with van der Waals surface area (Å²) in [5.74, 6) is -0.983. The minimum absolute atomic E-state index is 0.101. The molecule has 1 N–H and O–H groups in total. The molecule has 1 atom stereocenters. The van der Waals surface area contributed by atoms with E-state index in [9.17, 15) is 4.79 Å². The molecule has 1 unspecified atom stereocenters. The second-order valence-electron chi connectivity index (χ2n) is 6.56. The van der Waals surface area contributed by atoms with Crippen molar-refractivity contribution >= 4 is 5.97 Å². The summed E-state index contributed by atoms with van der Waals surface area (Å²) >= 11 is 0. The first kappa shape index (κ1) is 16.6. The maximum absolute atomic E-state index is 11.0. The molecule has 0 saturated carbocycles. The summed E-state index contributed by atoms with van der Waals surface area (Å²) in [6.07, 6.45) is 1.04. The van der Waals surface area contributed by atoms with E-state index in [0.717, 1.165) is 25.2 Å². The van der Waals surface area contributed by atoms with Gasteiger partial charge in [0.15, 0.2) is 0 Å². The Kier molecular flexibility index (Phi) is 4.92. The minimum Gasteiger partial charge on any atom is -0.477 e. The van der Waals surface area contributed by atoms with Crippen molar-refractivity contribution < 1.29 is 9.90 Å². The molecule has 0 spiro atoms. The first-order valence-electron chi connectivity index (χ1n) is 8.17. The number of carboxylic acids is 1. The zero-order valence-corrected chi connectivity index (χ0v) is 14.1. The van der Waals surface area contributed by atoms with Gasteiger partial charge in [0, 0.05) is 25.7 Å². The van der Waals surface area contributed by atoms with Crippen LogP contribution in [0.5, 0.6) is 0 Å². The van der Waals surface area contributed by atoms with E-state index >= 15 is 0 Å². The van der Waals surface area contributed by atoms with Gasteiger partial charge in [-0.05, 0) is 43.8 Å². The molecule has 126 valence electrons. The van der Waals surface area contributed by atoms with Crippen LogP contribution in [0.4, 0.5) is 0 Å². The number of nitrogens with zero attached hydrogens (tertiary/aromatic N) is 3. The zero-order chi connectivity index (χ0) is 17.1. The average Bonchev–Trinajstić information content (AvgIpc) is 2.55. The molecular weight excluding hydrogens is 302 g/mol. The lowest BCUT2D eigenvalue weighted by Gasteiger charge is -2.36. The number of aromatic nitrogens is 1. The minimum atomic E-state index is -0.983. The van der Waals surface area contributed by atoms with Gasteiger partial charge in [-0.1, -0.05) is 30.3 Å². The molecule has 0 radical (unpaired) electrons. The Hall–Kier alpha value is -2.24. The molecule has 2 heterocycles. The van der Waals surface area contributed by atoms with E-state index in [4.69, 9.17) is 5.11 Å². The third kappa shape index (κ3) is 3.80. The van der Waals surface area contributed by atoms with E-state index in [1.165, 1.54) is 17.2 Å². The van der Waals surface area contributed by atoms with Crippen molar-refractivity contribution in [3.63, 3.8) is 0 Å². The highest BCUT2D eigenvalue weighted by atomic mass is 16.4. The highest BCUT2D eigenvalue weighted by Gasteiger charge is 2.24. The number of carbonyl (C=O) groups is 1. The van der Waals surface area contributed by atoms with Crippen LogP contribution in [0.3, 0.4) is 0 Å². The van der Waals surface area contributed by atoms with Gasteiger partial charge in [0.25, 0.3) is 0 Å². The molecule has 0 aliphatic carbocycles. The quantitative estimate of drug-likeness (QED) is 0.914. The highest BCUT2D eigenvalue weighted by Crippen LogP contribution is 2.22. The lowest BCUT2D eigenvalue weighted by molar-refractivity contribution is 0.0690. The van der Waals surface area contributed by atoms with Crippen molar-refractivity contribution in [1.82, 2.24) is 14.8 Å². The number of likely N-dealkylation sites (N-methyl/N-ethyl adjacent to an activating group) is 2. The summed E-state index contributed by atoms with van der Waals surface area (Å²) in [7, 11) is 4.22. The Morgan fingerprint density at radius 1 is 1.25 bits per heavy atom. The SMILES string of the molecule is CN(Cc1cccc(C(=O)O)n1)CC1Cc2ccccc2CN1C. The Balaban J connectivity index is 1.64. The molecule has 1 aliphatic rings. The van der Waals surface area contributed by atoms with Crippen molar-refractivity contribution in [3.8, 4) is 0 Å². The number of aromatic carboxylic acids is 1. The average molecular weight is 325 g/mol. The topological polar surface area (TPSA) is 56.7 Å². The molecule has 5 heteroatoms. The highest BCUT2D eigenvalue weighted by molar-refractivity contribution is 5.85. The van der Waals surface area contributed by atoms with Crippen LogP contribution in [0, 0.1) is 0 Å². The van der Waals surface area contributed by atoms with Crippen LogP contribution in [0.25, 0.3) is 0 Å². The fourth-order valence-electron chi connectivity index (χ4n) is 3.31. The van der Waals surface area contributed by atoms with E-state index < -0.39 is 5.97 Å². The van der Waals surface area contributed by atoms with Gasteiger partial charge in [0.2, 0.25) is 0 Å². The molecular formula is C19H23N3O2. The van der Waals surface area contributed by atoms with Gasteiger partial charge in [0.1, 0.15) is 5.69 Å². The van der Waals surface area contributed by atoms with Gasteiger partial charge in [-0.3, -0.25) is 9.80 Å². The van der Waals surface area contributed by atoms with Crippen LogP contribution in [-0.4, -0.2) is 52.5 Å². The summed E-state index contributed by atoms with van der Waals surface area (Å²) < 4.78 is 0. The summed E-state index contributed by atoms with van der Waals surface area (Å²) in [6, 6.07) is 14.2. The number of hydrogen-bond donors (Lipinski definition) is 1. The summed E-state index contributed by atoms with van der Waals surface area (Å²) in [6.45, 7) is 2.54. The molecule has 1 aliphatic heterocycles. The molecule has 2 aromatic rings. The second kappa shape index (κ2) is 7.11. The Morgan fingerprint density at radius 3 is 2.75 bits per heavy atom. The number of pyridine rings is 1. The van der Waals surface area contributed by atoms with Crippen molar-refractivity contribution in [1.29, 1.82) is 0 Å². The van der Waals surface area contributed by atoms with Crippen molar-refractivity contribution in [2.45, 2.75) is 25.6 Å². The lowest BCUT2D eigenvalue weighted by Crippen LogP contribution is -2.44. The molecule has 1 aromatic heterocycles. The van der Waals surface area contributed by atoms with Crippen molar-refractivity contribution in [3.05, 3.63) is 65.0 Å². The summed E-state index contributed by atoms with van der Waals surface area (Å²) in [4.78, 5) is 19.8.